The monoisotopic (exact) mass is 296 g/mol. The van der Waals surface area contributed by atoms with Crippen molar-refractivity contribution in [2.45, 2.75) is 12.8 Å². The predicted octanol–water partition coefficient (Wildman–Crippen LogP) is 2.65. The molecular formula is C16H16N4O2. The van der Waals surface area contributed by atoms with E-state index in [-0.39, 0.29) is 5.91 Å². The number of hydrogen-bond donors (Lipinski definition) is 1. The molecule has 6 heteroatoms. The first-order valence-corrected chi connectivity index (χ1v) is 7.00. The van der Waals surface area contributed by atoms with Crippen molar-refractivity contribution in [3.63, 3.8) is 0 Å². The first kappa shape index (κ1) is 14.1. The summed E-state index contributed by atoms with van der Waals surface area (Å²) < 4.78 is 6.55. The van der Waals surface area contributed by atoms with E-state index in [1.807, 2.05) is 36.4 Å². The fourth-order valence-electron chi connectivity index (χ4n) is 2.08. The van der Waals surface area contributed by atoms with Crippen molar-refractivity contribution in [1.29, 1.82) is 0 Å². The van der Waals surface area contributed by atoms with Crippen LogP contribution in [0.15, 0.2) is 53.3 Å². The Morgan fingerprint density at radius 2 is 2.09 bits per heavy atom. The van der Waals surface area contributed by atoms with E-state index in [0.717, 1.165) is 11.1 Å². The number of furan rings is 1. The van der Waals surface area contributed by atoms with E-state index in [4.69, 9.17) is 4.42 Å². The highest BCUT2D eigenvalue weighted by atomic mass is 16.3. The minimum Gasteiger partial charge on any atom is -0.472 e. The third-order valence-electron chi connectivity index (χ3n) is 3.27. The first-order valence-electron chi connectivity index (χ1n) is 7.00. The third-order valence-corrected chi connectivity index (χ3v) is 3.27. The highest BCUT2D eigenvalue weighted by molar-refractivity contribution is 5.89. The summed E-state index contributed by atoms with van der Waals surface area (Å²) in [7, 11) is 1.76. The van der Waals surface area contributed by atoms with Crippen molar-refractivity contribution < 1.29 is 9.21 Å². The second-order valence-corrected chi connectivity index (χ2v) is 4.93. The molecule has 2 heterocycles. The second-order valence-electron chi connectivity index (χ2n) is 4.93. The van der Waals surface area contributed by atoms with Crippen molar-refractivity contribution >= 4 is 11.9 Å². The summed E-state index contributed by atoms with van der Waals surface area (Å²) in [5, 5.41) is 7.10. The van der Waals surface area contributed by atoms with E-state index < -0.39 is 0 Å². The molecule has 6 nitrogen and oxygen atoms in total. The van der Waals surface area contributed by atoms with Gasteiger partial charge < -0.3 is 4.42 Å². The third kappa shape index (κ3) is 3.22. The molecule has 0 atom stereocenters. The zero-order valence-electron chi connectivity index (χ0n) is 12.2. The molecule has 0 aliphatic rings. The van der Waals surface area contributed by atoms with Crippen molar-refractivity contribution in [3.05, 3.63) is 54.5 Å². The van der Waals surface area contributed by atoms with Crippen LogP contribution in [0.3, 0.4) is 0 Å². The van der Waals surface area contributed by atoms with Gasteiger partial charge in [-0.2, -0.15) is 4.98 Å². The van der Waals surface area contributed by atoms with Gasteiger partial charge in [0.2, 0.25) is 11.9 Å². The maximum absolute atomic E-state index is 12.0. The summed E-state index contributed by atoms with van der Waals surface area (Å²) in [6, 6.07) is 11.5. The van der Waals surface area contributed by atoms with E-state index in [1.165, 1.54) is 0 Å². The lowest BCUT2D eigenvalue weighted by molar-refractivity contribution is -0.116. The lowest BCUT2D eigenvalue weighted by Gasteiger charge is -2.02. The van der Waals surface area contributed by atoms with Crippen LogP contribution >= 0.6 is 0 Å². The molecule has 1 aromatic carbocycles. The molecule has 0 aliphatic carbocycles. The summed E-state index contributed by atoms with van der Waals surface area (Å²) in [5.74, 6) is 0.931. The van der Waals surface area contributed by atoms with Crippen LogP contribution in [0.1, 0.15) is 12.0 Å². The van der Waals surface area contributed by atoms with Crippen LogP contribution in [0.2, 0.25) is 0 Å². The SMILES string of the molecule is Cn1nc(-c2ccccc2)nc1NC(=O)CCc1ccoc1. The largest absolute Gasteiger partial charge is 0.472 e. The predicted molar refractivity (Wildman–Crippen MR) is 82.1 cm³/mol. The van der Waals surface area contributed by atoms with Gasteiger partial charge in [-0.05, 0) is 18.1 Å². The van der Waals surface area contributed by atoms with Crippen molar-refractivity contribution in [1.82, 2.24) is 14.8 Å². The van der Waals surface area contributed by atoms with Gasteiger partial charge in [0, 0.05) is 19.0 Å². The molecule has 1 amide bonds. The quantitative estimate of drug-likeness (QED) is 0.785. The van der Waals surface area contributed by atoms with Crippen LogP contribution < -0.4 is 5.32 Å². The smallest absolute Gasteiger partial charge is 0.228 e. The minimum atomic E-state index is -0.101. The molecule has 0 saturated heterocycles. The van der Waals surface area contributed by atoms with Gasteiger partial charge in [0.1, 0.15) is 0 Å². The zero-order chi connectivity index (χ0) is 15.4. The van der Waals surface area contributed by atoms with E-state index in [1.54, 1.807) is 24.3 Å². The Labute approximate surface area is 127 Å². The Hall–Kier alpha value is -2.89. The molecule has 3 aromatic rings. The molecule has 0 saturated carbocycles. The molecular weight excluding hydrogens is 280 g/mol. The molecule has 0 unspecified atom stereocenters. The van der Waals surface area contributed by atoms with Gasteiger partial charge in [-0.3, -0.25) is 10.1 Å². The van der Waals surface area contributed by atoms with Crippen LogP contribution in [0, 0.1) is 0 Å². The van der Waals surface area contributed by atoms with Gasteiger partial charge in [-0.25, -0.2) is 4.68 Å². The van der Waals surface area contributed by atoms with Crippen LogP contribution in [-0.4, -0.2) is 20.7 Å². The van der Waals surface area contributed by atoms with E-state index in [2.05, 4.69) is 15.4 Å². The number of amides is 1. The average molecular weight is 296 g/mol. The molecule has 3 rings (SSSR count). The molecule has 0 radical (unpaired) electrons. The Morgan fingerprint density at radius 3 is 2.82 bits per heavy atom. The number of carbonyl (C=O) groups excluding carboxylic acids is 1. The van der Waals surface area contributed by atoms with Gasteiger partial charge >= 0.3 is 0 Å². The lowest BCUT2D eigenvalue weighted by atomic mass is 10.2. The van der Waals surface area contributed by atoms with Crippen LogP contribution in [0.4, 0.5) is 5.95 Å². The molecule has 2 aromatic heterocycles. The number of hydrogen-bond acceptors (Lipinski definition) is 4. The van der Waals surface area contributed by atoms with Gasteiger partial charge in [0.15, 0.2) is 5.82 Å². The summed E-state index contributed by atoms with van der Waals surface area (Å²) in [6.45, 7) is 0. The number of aromatic nitrogens is 3. The summed E-state index contributed by atoms with van der Waals surface area (Å²) >= 11 is 0. The maximum atomic E-state index is 12.0. The number of nitrogens with zero attached hydrogens (tertiary/aromatic N) is 3. The summed E-state index contributed by atoms with van der Waals surface area (Å²) in [4.78, 5) is 16.3. The normalized spacial score (nSPS) is 10.6. The Morgan fingerprint density at radius 1 is 1.27 bits per heavy atom. The molecule has 112 valence electrons. The van der Waals surface area contributed by atoms with Gasteiger partial charge in [-0.15, -0.1) is 5.10 Å². The fourth-order valence-corrected chi connectivity index (χ4v) is 2.08. The standard InChI is InChI=1S/C16H16N4O2/c1-20-16(17-14(21)8-7-12-9-10-22-11-12)18-15(19-20)13-5-3-2-4-6-13/h2-6,9-11H,7-8H2,1H3,(H,17,18,19,21). The Bertz CT molecular complexity index is 748. The van der Waals surface area contributed by atoms with Crippen molar-refractivity contribution in [2.75, 3.05) is 5.32 Å². The van der Waals surface area contributed by atoms with Crippen molar-refractivity contribution in [2.24, 2.45) is 7.05 Å². The Kier molecular flexibility index (Phi) is 4.00. The van der Waals surface area contributed by atoms with Crippen LogP contribution in [0.25, 0.3) is 11.4 Å². The summed E-state index contributed by atoms with van der Waals surface area (Å²) in [5.41, 5.74) is 1.91. The summed E-state index contributed by atoms with van der Waals surface area (Å²) in [6.07, 6.45) is 4.24. The molecule has 0 aliphatic heterocycles. The van der Waals surface area contributed by atoms with Gasteiger partial charge in [-0.1, -0.05) is 30.3 Å². The zero-order valence-corrected chi connectivity index (χ0v) is 12.2. The second kappa shape index (κ2) is 6.26. The molecule has 1 N–H and O–H groups in total. The highest BCUT2D eigenvalue weighted by Crippen LogP contribution is 2.16. The molecule has 0 spiro atoms. The number of benzene rings is 1. The maximum Gasteiger partial charge on any atom is 0.228 e. The van der Waals surface area contributed by atoms with E-state index in [0.29, 0.717) is 24.6 Å². The van der Waals surface area contributed by atoms with Gasteiger partial charge in [0.25, 0.3) is 0 Å². The van der Waals surface area contributed by atoms with Crippen LogP contribution in [-0.2, 0) is 18.3 Å². The number of anilines is 1. The fraction of sp³-hybridized carbons (Fsp3) is 0.188. The highest BCUT2D eigenvalue weighted by Gasteiger charge is 2.12. The van der Waals surface area contributed by atoms with Crippen LogP contribution in [0.5, 0.6) is 0 Å². The number of rotatable bonds is 5. The van der Waals surface area contributed by atoms with E-state index in [9.17, 15) is 4.79 Å². The first-order chi connectivity index (χ1) is 10.7. The molecule has 0 fully saturated rings. The number of aryl methyl sites for hydroxylation is 2. The van der Waals surface area contributed by atoms with Crippen molar-refractivity contribution in [3.8, 4) is 11.4 Å². The Balaban J connectivity index is 1.65. The topological polar surface area (TPSA) is 73.0 Å². The molecule has 22 heavy (non-hydrogen) atoms. The molecule has 0 bridgehead atoms. The number of carbonyl (C=O) groups is 1. The lowest BCUT2D eigenvalue weighted by Crippen LogP contribution is -2.15. The van der Waals surface area contributed by atoms with Gasteiger partial charge in [0.05, 0.1) is 12.5 Å². The minimum absolute atomic E-state index is 0.101. The van der Waals surface area contributed by atoms with E-state index >= 15 is 0 Å². The average Bonchev–Trinajstić information content (AvgIpc) is 3.17. The number of nitrogens with one attached hydrogen (secondary N) is 1.